The van der Waals surface area contributed by atoms with Gasteiger partial charge in [0.1, 0.15) is 6.61 Å². The maximum atomic E-state index is 6.19. The Morgan fingerprint density at radius 1 is 1.22 bits per heavy atom. The highest BCUT2D eigenvalue weighted by molar-refractivity contribution is 9.10. The van der Waals surface area contributed by atoms with Crippen LogP contribution in [-0.4, -0.2) is 27.4 Å². The van der Waals surface area contributed by atoms with Gasteiger partial charge in [-0.2, -0.15) is 0 Å². The van der Waals surface area contributed by atoms with Crippen molar-refractivity contribution in [1.29, 1.82) is 0 Å². The number of anilines is 1. The Morgan fingerprint density at radius 2 is 1.96 bits per heavy atom. The maximum Gasteiger partial charge on any atom is 0.260 e. The van der Waals surface area contributed by atoms with Crippen molar-refractivity contribution >= 4 is 45.1 Å². The van der Waals surface area contributed by atoms with Crippen molar-refractivity contribution in [3.05, 3.63) is 56.0 Å². The molecular weight excluding hydrogens is 459 g/mol. The fourth-order valence-electron chi connectivity index (χ4n) is 2.27. The van der Waals surface area contributed by atoms with E-state index >= 15 is 0 Å². The van der Waals surface area contributed by atoms with E-state index in [1.807, 2.05) is 12.1 Å². The molecule has 1 aromatic heterocycles. The Bertz CT molecular complexity index is 932. The second-order valence-corrected chi connectivity index (χ2v) is 7.04. The van der Waals surface area contributed by atoms with Crippen LogP contribution in [0.15, 0.2) is 34.8 Å². The van der Waals surface area contributed by atoms with Crippen LogP contribution < -0.4 is 20.6 Å². The highest BCUT2D eigenvalue weighted by atomic mass is 79.9. The zero-order valence-electron chi connectivity index (χ0n) is 14.1. The topological polar surface area (TPSA) is 100 Å². The predicted molar refractivity (Wildman–Crippen MR) is 107 cm³/mol. The number of nitrogens with two attached hydrogens (primary N) is 1. The average Bonchev–Trinajstić information content (AvgIpc) is 3.05. The first-order chi connectivity index (χ1) is 13.0. The van der Waals surface area contributed by atoms with E-state index in [2.05, 4.69) is 36.9 Å². The van der Waals surface area contributed by atoms with Crippen LogP contribution in [0.3, 0.4) is 0 Å². The van der Waals surface area contributed by atoms with Gasteiger partial charge >= 0.3 is 0 Å². The fraction of sp³-hybridized carbons (Fsp3) is 0.188. The SMILES string of the molecule is COc1cc(CNn2nnnc2N)c(Br)cc1OCc1c(Cl)cccc1Cl. The van der Waals surface area contributed by atoms with Crippen molar-refractivity contribution < 1.29 is 9.47 Å². The van der Waals surface area contributed by atoms with Gasteiger partial charge in [-0.3, -0.25) is 0 Å². The number of nitrogens with one attached hydrogen (secondary N) is 1. The molecule has 0 aliphatic rings. The molecule has 1 heterocycles. The molecule has 0 aliphatic heterocycles. The van der Waals surface area contributed by atoms with E-state index in [0.29, 0.717) is 33.7 Å². The maximum absolute atomic E-state index is 6.19. The van der Waals surface area contributed by atoms with E-state index in [9.17, 15) is 0 Å². The zero-order chi connectivity index (χ0) is 19.4. The molecule has 0 aliphatic carbocycles. The fourth-order valence-corrected chi connectivity index (χ4v) is 3.24. The van der Waals surface area contributed by atoms with Crippen LogP contribution in [0.4, 0.5) is 5.95 Å². The van der Waals surface area contributed by atoms with Crippen molar-refractivity contribution in [2.45, 2.75) is 13.2 Å². The molecule has 3 rings (SSSR count). The van der Waals surface area contributed by atoms with Crippen LogP contribution in [0.1, 0.15) is 11.1 Å². The molecule has 0 saturated carbocycles. The Hall–Kier alpha value is -2.23. The molecule has 0 amide bonds. The molecule has 27 heavy (non-hydrogen) atoms. The standard InChI is InChI=1S/C16H15BrCl2N6O2/c1-26-14-5-9(7-21-25-16(20)22-23-24-25)11(17)6-15(14)27-8-10-12(18)3-2-4-13(10)19/h2-6,21H,7-8H2,1H3,(H2,20,22,24). The summed E-state index contributed by atoms with van der Waals surface area (Å²) in [5.41, 5.74) is 10.2. The predicted octanol–water partition coefficient (Wildman–Crippen LogP) is 3.66. The first-order valence-corrected chi connectivity index (χ1v) is 9.24. The lowest BCUT2D eigenvalue weighted by Gasteiger charge is -2.15. The van der Waals surface area contributed by atoms with Crippen molar-refractivity contribution in [2.24, 2.45) is 0 Å². The van der Waals surface area contributed by atoms with E-state index < -0.39 is 0 Å². The summed E-state index contributed by atoms with van der Waals surface area (Å²) in [6.07, 6.45) is 0. The van der Waals surface area contributed by atoms with Gasteiger partial charge in [0, 0.05) is 20.1 Å². The minimum absolute atomic E-state index is 0.162. The van der Waals surface area contributed by atoms with Crippen molar-refractivity contribution in [3.8, 4) is 11.5 Å². The van der Waals surface area contributed by atoms with Gasteiger partial charge in [-0.25, -0.2) is 0 Å². The highest BCUT2D eigenvalue weighted by Crippen LogP contribution is 2.35. The number of halogens is 3. The summed E-state index contributed by atoms with van der Waals surface area (Å²) in [7, 11) is 1.56. The molecule has 8 nitrogen and oxygen atoms in total. The van der Waals surface area contributed by atoms with Gasteiger partial charge in [0.2, 0.25) is 0 Å². The second-order valence-electron chi connectivity index (χ2n) is 5.37. The van der Waals surface area contributed by atoms with E-state index in [1.54, 1.807) is 25.3 Å². The highest BCUT2D eigenvalue weighted by Gasteiger charge is 2.13. The first kappa shape index (κ1) is 19.5. The van der Waals surface area contributed by atoms with Crippen LogP contribution >= 0.6 is 39.1 Å². The zero-order valence-corrected chi connectivity index (χ0v) is 17.2. The number of nitrogens with zero attached hydrogens (tertiary/aromatic N) is 4. The van der Waals surface area contributed by atoms with Gasteiger partial charge in [-0.05, 0) is 40.3 Å². The van der Waals surface area contributed by atoms with Crippen LogP contribution in [0, 0.1) is 0 Å². The number of rotatable bonds is 7. The molecule has 0 atom stereocenters. The van der Waals surface area contributed by atoms with E-state index in [-0.39, 0.29) is 12.6 Å². The molecule has 0 saturated heterocycles. The largest absolute Gasteiger partial charge is 0.493 e. The van der Waals surface area contributed by atoms with Crippen molar-refractivity contribution in [1.82, 2.24) is 20.3 Å². The quantitative estimate of drug-likeness (QED) is 0.540. The molecule has 142 valence electrons. The van der Waals surface area contributed by atoms with Gasteiger partial charge in [-0.1, -0.05) is 50.3 Å². The number of nitrogen functional groups attached to an aromatic ring is 1. The summed E-state index contributed by atoms with van der Waals surface area (Å²) in [6, 6.07) is 8.95. The molecule has 0 fully saturated rings. The number of benzene rings is 2. The number of hydrogen-bond acceptors (Lipinski definition) is 7. The number of methoxy groups -OCH3 is 1. The summed E-state index contributed by atoms with van der Waals surface area (Å²) in [6.45, 7) is 0.614. The van der Waals surface area contributed by atoms with Crippen LogP contribution in [-0.2, 0) is 13.2 Å². The normalized spacial score (nSPS) is 10.7. The second kappa shape index (κ2) is 8.64. The molecule has 11 heteroatoms. The molecule has 0 bridgehead atoms. The monoisotopic (exact) mass is 472 g/mol. The Labute approximate surface area is 173 Å². The first-order valence-electron chi connectivity index (χ1n) is 7.69. The minimum Gasteiger partial charge on any atom is -0.493 e. The van der Waals surface area contributed by atoms with Crippen LogP contribution in [0.5, 0.6) is 11.5 Å². The summed E-state index contributed by atoms with van der Waals surface area (Å²) in [4.78, 5) is 1.28. The number of ether oxygens (including phenoxy) is 2. The number of hydrogen-bond donors (Lipinski definition) is 2. The Kier molecular flexibility index (Phi) is 6.25. The van der Waals surface area contributed by atoms with Crippen LogP contribution in [0.25, 0.3) is 0 Å². The summed E-state index contributed by atoms with van der Waals surface area (Å²) >= 11 is 15.9. The molecule has 3 aromatic rings. The average molecular weight is 474 g/mol. The molecule has 0 unspecified atom stereocenters. The Morgan fingerprint density at radius 3 is 2.59 bits per heavy atom. The summed E-state index contributed by atoms with van der Waals surface area (Å²) in [5.74, 6) is 1.27. The third kappa shape index (κ3) is 4.55. The molecule has 3 N–H and O–H groups in total. The smallest absolute Gasteiger partial charge is 0.260 e. The van der Waals surface area contributed by atoms with Crippen molar-refractivity contribution in [2.75, 3.05) is 18.3 Å². The lowest BCUT2D eigenvalue weighted by atomic mass is 10.2. The van der Waals surface area contributed by atoms with Gasteiger partial charge in [0.25, 0.3) is 5.95 Å². The number of aromatic nitrogens is 4. The lowest BCUT2D eigenvalue weighted by molar-refractivity contribution is 0.284. The lowest BCUT2D eigenvalue weighted by Crippen LogP contribution is -2.18. The van der Waals surface area contributed by atoms with E-state index in [0.717, 1.165) is 10.0 Å². The Balaban J connectivity index is 1.76. The van der Waals surface area contributed by atoms with Crippen LogP contribution in [0.2, 0.25) is 10.0 Å². The molecule has 2 aromatic carbocycles. The third-order valence-electron chi connectivity index (χ3n) is 3.68. The van der Waals surface area contributed by atoms with Gasteiger partial charge in [0.05, 0.1) is 13.7 Å². The molecular formula is C16H15BrCl2N6O2. The van der Waals surface area contributed by atoms with Gasteiger partial charge in [-0.15, -0.1) is 4.79 Å². The van der Waals surface area contributed by atoms with E-state index in [4.69, 9.17) is 38.4 Å². The number of tetrazole rings is 1. The van der Waals surface area contributed by atoms with Gasteiger partial charge in [0.15, 0.2) is 11.5 Å². The van der Waals surface area contributed by atoms with Crippen molar-refractivity contribution in [3.63, 3.8) is 0 Å². The van der Waals surface area contributed by atoms with Gasteiger partial charge < -0.3 is 20.6 Å². The van der Waals surface area contributed by atoms with E-state index in [1.165, 1.54) is 4.79 Å². The molecule has 0 radical (unpaired) electrons. The summed E-state index contributed by atoms with van der Waals surface area (Å²) < 4.78 is 12.1. The third-order valence-corrected chi connectivity index (χ3v) is 5.13. The minimum atomic E-state index is 0.162. The molecule has 0 spiro atoms. The summed E-state index contributed by atoms with van der Waals surface area (Å²) in [5, 5.41) is 11.9.